The minimum absolute atomic E-state index is 0.382. The van der Waals surface area contributed by atoms with Gasteiger partial charge in [0.25, 0.3) is 0 Å². The molecule has 1 fully saturated rings. The molecular weight excluding hydrogens is 304 g/mol. The molecule has 1 heterocycles. The third kappa shape index (κ3) is 5.41. The maximum atomic E-state index is 11.8. The number of nitrogens with one attached hydrogen (secondary N) is 1. The minimum Gasteiger partial charge on any atom is -0.444 e. The number of piperidine rings is 1. The summed E-state index contributed by atoms with van der Waals surface area (Å²) in [7, 11) is 1.79. The molecule has 24 heavy (non-hydrogen) atoms. The Balaban J connectivity index is 1.91. The zero-order valence-corrected chi connectivity index (χ0v) is 15.5. The van der Waals surface area contributed by atoms with E-state index in [1.807, 2.05) is 20.8 Å². The normalized spacial score (nSPS) is 16.1. The summed E-state index contributed by atoms with van der Waals surface area (Å²) in [6.45, 7) is 10.2. The maximum Gasteiger partial charge on any atom is 0.407 e. The van der Waals surface area contributed by atoms with Crippen molar-refractivity contribution in [2.45, 2.75) is 58.8 Å². The van der Waals surface area contributed by atoms with Gasteiger partial charge < -0.3 is 19.7 Å². The Morgan fingerprint density at radius 2 is 1.96 bits per heavy atom. The average molecular weight is 334 g/mol. The average Bonchev–Trinajstić information content (AvgIpc) is 2.52. The van der Waals surface area contributed by atoms with E-state index in [0.29, 0.717) is 12.6 Å². The predicted octanol–water partition coefficient (Wildman–Crippen LogP) is 3.63. The summed E-state index contributed by atoms with van der Waals surface area (Å²) in [5, 5.41) is 2.82. The molecule has 1 aliphatic heterocycles. The van der Waals surface area contributed by atoms with Crippen LogP contribution in [0, 0.1) is 6.92 Å². The standard InChI is InChI=1S/C19H30N2O3/c1-14-12-16(21-10-8-17(23-5)9-11-21)7-6-15(14)13-20-18(22)24-19(2,3)4/h6-7,12,17H,8-11,13H2,1-5H3,(H,20,22). The lowest BCUT2D eigenvalue weighted by Crippen LogP contribution is -2.36. The Labute approximate surface area is 145 Å². The maximum absolute atomic E-state index is 11.8. The Morgan fingerprint density at radius 1 is 1.29 bits per heavy atom. The van der Waals surface area contributed by atoms with Gasteiger partial charge in [0.2, 0.25) is 0 Å². The van der Waals surface area contributed by atoms with Gasteiger partial charge in [0, 0.05) is 32.4 Å². The molecule has 0 saturated carbocycles. The fourth-order valence-corrected chi connectivity index (χ4v) is 2.91. The van der Waals surface area contributed by atoms with Gasteiger partial charge in [0.15, 0.2) is 0 Å². The third-order valence-corrected chi connectivity index (χ3v) is 4.29. The number of hydrogen-bond acceptors (Lipinski definition) is 4. The largest absolute Gasteiger partial charge is 0.444 e. The van der Waals surface area contributed by atoms with Gasteiger partial charge in [-0.15, -0.1) is 0 Å². The predicted molar refractivity (Wildman–Crippen MR) is 96.5 cm³/mol. The van der Waals surface area contributed by atoms with Crippen molar-refractivity contribution < 1.29 is 14.3 Å². The van der Waals surface area contributed by atoms with E-state index in [9.17, 15) is 4.79 Å². The zero-order chi connectivity index (χ0) is 17.7. The van der Waals surface area contributed by atoms with E-state index in [4.69, 9.17) is 9.47 Å². The first-order valence-electron chi connectivity index (χ1n) is 8.62. The van der Waals surface area contributed by atoms with E-state index < -0.39 is 5.60 Å². The summed E-state index contributed by atoms with van der Waals surface area (Å²) in [4.78, 5) is 14.2. The van der Waals surface area contributed by atoms with Crippen molar-refractivity contribution in [3.05, 3.63) is 29.3 Å². The Morgan fingerprint density at radius 3 is 2.50 bits per heavy atom. The number of amides is 1. The monoisotopic (exact) mass is 334 g/mol. The molecule has 0 aromatic heterocycles. The fourth-order valence-electron chi connectivity index (χ4n) is 2.91. The van der Waals surface area contributed by atoms with Gasteiger partial charge in [-0.2, -0.15) is 0 Å². The smallest absolute Gasteiger partial charge is 0.407 e. The second-order valence-electron chi connectivity index (χ2n) is 7.39. The van der Waals surface area contributed by atoms with Crippen molar-refractivity contribution in [1.29, 1.82) is 0 Å². The molecule has 0 bridgehead atoms. The van der Waals surface area contributed by atoms with Crippen LogP contribution in [-0.4, -0.2) is 38.0 Å². The van der Waals surface area contributed by atoms with Gasteiger partial charge >= 0.3 is 6.09 Å². The molecular formula is C19H30N2O3. The molecule has 1 aliphatic rings. The molecule has 5 heteroatoms. The molecule has 1 amide bonds. The van der Waals surface area contributed by atoms with Gasteiger partial charge in [-0.1, -0.05) is 6.07 Å². The van der Waals surface area contributed by atoms with Crippen LogP contribution >= 0.6 is 0 Å². The summed E-state index contributed by atoms with van der Waals surface area (Å²) in [5.41, 5.74) is 3.05. The molecule has 0 radical (unpaired) electrons. The second kappa shape index (κ2) is 7.88. The lowest BCUT2D eigenvalue weighted by molar-refractivity contribution is 0.0523. The number of benzene rings is 1. The molecule has 0 unspecified atom stereocenters. The molecule has 0 spiro atoms. The Bertz CT molecular complexity index is 558. The first-order chi connectivity index (χ1) is 11.3. The number of aryl methyl sites for hydroxylation is 1. The third-order valence-electron chi connectivity index (χ3n) is 4.29. The quantitative estimate of drug-likeness (QED) is 0.913. The summed E-state index contributed by atoms with van der Waals surface area (Å²) >= 11 is 0. The number of alkyl carbamates (subject to hydrolysis) is 1. The summed E-state index contributed by atoms with van der Waals surface area (Å²) < 4.78 is 10.7. The van der Waals surface area contributed by atoms with E-state index in [2.05, 4.69) is 35.3 Å². The van der Waals surface area contributed by atoms with Crippen LogP contribution in [0.1, 0.15) is 44.7 Å². The van der Waals surface area contributed by atoms with Crippen molar-refractivity contribution >= 4 is 11.8 Å². The number of anilines is 1. The number of ether oxygens (including phenoxy) is 2. The van der Waals surface area contributed by atoms with Crippen LogP contribution in [0.15, 0.2) is 18.2 Å². The SMILES string of the molecule is COC1CCN(c2ccc(CNC(=O)OC(C)(C)C)c(C)c2)CC1. The topological polar surface area (TPSA) is 50.8 Å². The number of rotatable bonds is 4. The van der Waals surface area contributed by atoms with Gasteiger partial charge in [-0.25, -0.2) is 4.79 Å². The highest BCUT2D eigenvalue weighted by atomic mass is 16.6. The molecule has 1 aromatic carbocycles. The zero-order valence-electron chi connectivity index (χ0n) is 15.5. The highest BCUT2D eigenvalue weighted by molar-refractivity contribution is 5.67. The van der Waals surface area contributed by atoms with E-state index in [0.717, 1.165) is 31.5 Å². The van der Waals surface area contributed by atoms with Crippen molar-refractivity contribution in [2.24, 2.45) is 0 Å². The van der Waals surface area contributed by atoms with Crippen LogP contribution in [0.5, 0.6) is 0 Å². The highest BCUT2D eigenvalue weighted by Crippen LogP contribution is 2.23. The second-order valence-corrected chi connectivity index (χ2v) is 7.39. The highest BCUT2D eigenvalue weighted by Gasteiger charge is 2.19. The van der Waals surface area contributed by atoms with Crippen LogP contribution in [0.25, 0.3) is 0 Å². The molecule has 1 N–H and O–H groups in total. The molecule has 0 atom stereocenters. The van der Waals surface area contributed by atoms with Crippen LogP contribution in [0.2, 0.25) is 0 Å². The Hall–Kier alpha value is -1.75. The van der Waals surface area contributed by atoms with E-state index in [1.165, 1.54) is 11.3 Å². The van der Waals surface area contributed by atoms with E-state index in [1.54, 1.807) is 7.11 Å². The molecule has 1 saturated heterocycles. The summed E-state index contributed by atoms with van der Waals surface area (Å²) in [5.74, 6) is 0. The lowest BCUT2D eigenvalue weighted by atomic mass is 10.0. The van der Waals surface area contributed by atoms with Crippen LogP contribution in [-0.2, 0) is 16.0 Å². The van der Waals surface area contributed by atoms with Crippen molar-refractivity contribution in [1.82, 2.24) is 5.32 Å². The van der Waals surface area contributed by atoms with Crippen molar-refractivity contribution in [2.75, 3.05) is 25.1 Å². The lowest BCUT2D eigenvalue weighted by Gasteiger charge is -2.33. The van der Waals surface area contributed by atoms with E-state index in [-0.39, 0.29) is 6.09 Å². The van der Waals surface area contributed by atoms with Crippen LogP contribution < -0.4 is 10.2 Å². The van der Waals surface area contributed by atoms with Crippen LogP contribution in [0.3, 0.4) is 0 Å². The Kier molecular flexibility index (Phi) is 6.10. The molecule has 5 nitrogen and oxygen atoms in total. The van der Waals surface area contributed by atoms with Gasteiger partial charge in [0.1, 0.15) is 5.60 Å². The molecule has 2 rings (SSSR count). The molecule has 0 aliphatic carbocycles. The molecule has 134 valence electrons. The number of methoxy groups -OCH3 is 1. The van der Waals surface area contributed by atoms with Crippen LogP contribution in [0.4, 0.5) is 10.5 Å². The first kappa shape index (κ1) is 18.6. The number of carbonyl (C=O) groups excluding carboxylic acids is 1. The minimum atomic E-state index is -0.475. The first-order valence-corrected chi connectivity index (χ1v) is 8.62. The van der Waals surface area contributed by atoms with Gasteiger partial charge in [-0.3, -0.25) is 0 Å². The number of hydrogen-bond donors (Lipinski definition) is 1. The van der Waals surface area contributed by atoms with Gasteiger partial charge in [0.05, 0.1) is 6.10 Å². The summed E-state index contributed by atoms with van der Waals surface area (Å²) in [6, 6.07) is 6.41. The molecule has 1 aromatic rings. The fraction of sp³-hybridized carbons (Fsp3) is 0.632. The van der Waals surface area contributed by atoms with Gasteiger partial charge in [-0.05, 0) is 63.8 Å². The number of nitrogens with zero attached hydrogens (tertiary/aromatic N) is 1. The van der Waals surface area contributed by atoms with Crippen molar-refractivity contribution in [3.63, 3.8) is 0 Å². The van der Waals surface area contributed by atoms with Crippen molar-refractivity contribution in [3.8, 4) is 0 Å². The van der Waals surface area contributed by atoms with E-state index >= 15 is 0 Å². The number of carbonyl (C=O) groups is 1. The summed E-state index contributed by atoms with van der Waals surface area (Å²) in [6.07, 6.45) is 2.14.